The average molecular weight is 310 g/mol. The zero-order valence-corrected chi connectivity index (χ0v) is 11.8. The summed E-state index contributed by atoms with van der Waals surface area (Å²) in [6, 6.07) is 3.89. The zero-order valence-electron chi connectivity index (χ0n) is 10.2. The summed E-state index contributed by atoms with van der Waals surface area (Å²) in [5.74, 6) is -0.661. The van der Waals surface area contributed by atoms with Crippen molar-refractivity contribution in [1.82, 2.24) is 5.16 Å². The highest BCUT2D eigenvalue weighted by molar-refractivity contribution is 9.10. The summed E-state index contributed by atoms with van der Waals surface area (Å²) in [6.07, 6.45) is 0. The number of carboxylic acids is 1. The van der Waals surface area contributed by atoms with Gasteiger partial charge in [-0.1, -0.05) is 17.3 Å². The number of carbonyl (C=O) groups is 1. The molecule has 0 bridgehead atoms. The minimum atomic E-state index is -1.11. The molecule has 0 unspecified atom stereocenters. The van der Waals surface area contributed by atoms with Crippen LogP contribution in [0.1, 0.15) is 27.2 Å². The first-order valence-corrected chi connectivity index (χ1v) is 6.18. The fourth-order valence-corrected chi connectivity index (χ4v) is 2.31. The maximum atomic E-state index is 10.9. The molecule has 4 nitrogen and oxygen atoms in total. The van der Waals surface area contributed by atoms with Gasteiger partial charge in [-0.3, -0.25) is 0 Å². The monoisotopic (exact) mass is 309 g/mol. The van der Waals surface area contributed by atoms with E-state index in [1.807, 2.05) is 32.9 Å². The van der Waals surface area contributed by atoms with E-state index in [1.165, 1.54) is 5.56 Å². The molecule has 1 heterocycles. The first-order chi connectivity index (χ1) is 8.43. The number of nitrogens with zero attached hydrogens (tertiary/aromatic N) is 1. The standard InChI is InChI=1S/C13H12BrNO3/c1-6-4-5-9(8(3)7(6)2)12-10(14)11(13(16)17)15-18-12/h4-5H,1-3H3,(H,16,17). The van der Waals surface area contributed by atoms with Gasteiger partial charge in [0.25, 0.3) is 0 Å². The van der Waals surface area contributed by atoms with Crippen molar-refractivity contribution in [2.45, 2.75) is 20.8 Å². The molecule has 0 radical (unpaired) electrons. The molecule has 0 saturated carbocycles. The van der Waals surface area contributed by atoms with Crippen LogP contribution in [0.3, 0.4) is 0 Å². The number of carboxylic acid groups (broad SMARTS) is 1. The van der Waals surface area contributed by atoms with Gasteiger partial charge in [0.1, 0.15) is 4.47 Å². The van der Waals surface area contributed by atoms with Gasteiger partial charge >= 0.3 is 5.97 Å². The Morgan fingerprint density at radius 3 is 2.50 bits per heavy atom. The highest BCUT2D eigenvalue weighted by Crippen LogP contribution is 2.34. The number of benzene rings is 1. The SMILES string of the molecule is Cc1ccc(-c2onc(C(=O)O)c2Br)c(C)c1C. The van der Waals surface area contributed by atoms with Gasteiger partial charge in [-0.25, -0.2) is 4.79 Å². The molecule has 0 aliphatic carbocycles. The Balaban J connectivity index is 2.63. The lowest BCUT2D eigenvalue weighted by Crippen LogP contribution is -1.97. The fourth-order valence-electron chi connectivity index (χ4n) is 1.78. The third-order valence-electron chi connectivity index (χ3n) is 3.14. The van der Waals surface area contributed by atoms with Crippen molar-refractivity contribution in [1.29, 1.82) is 0 Å². The van der Waals surface area contributed by atoms with Crippen LogP contribution < -0.4 is 0 Å². The molecule has 18 heavy (non-hydrogen) atoms. The minimum absolute atomic E-state index is 0.109. The van der Waals surface area contributed by atoms with E-state index in [-0.39, 0.29) is 5.69 Å². The van der Waals surface area contributed by atoms with E-state index in [2.05, 4.69) is 21.1 Å². The molecule has 2 rings (SSSR count). The van der Waals surface area contributed by atoms with Crippen molar-refractivity contribution in [3.63, 3.8) is 0 Å². The third kappa shape index (κ3) is 1.95. The molecule has 94 valence electrons. The van der Waals surface area contributed by atoms with Gasteiger partial charge < -0.3 is 9.63 Å². The maximum absolute atomic E-state index is 10.9. The summed E-state index contributed by atoms with van der Waals surface area (Å²) < 4.78 is 5.52. The molecule has 0 fully saturated rings. The third-order valence-corrected chi connectivity index (χ3v) is 3.88. The molecule has 0 aliphatic heterocycles. The second kappa shape index (κ2) is 4.57. The Morgan fingerprint density at radius 2 is 1.94 bits per heavy atom. The Labute approximate surface area is 113 Å². The predicted octanol–water partition coefficient (Wildman–Crippen LogP) is 3.73. The normalized spacial score (nSPS) is 10.7. The topological polar surface area (TPSA) is 63.3 Å². The van der Waals surface area contributed by atoms with Crippen LogP contribution in [0, 0.1) is 20.8 Å². The molecule has 0 atom stereocenters. The van der Waals surface area contributed by atoms with Crippen molar-refractivity contribution >= 4 is 21.9 Å². The van der Waals surface area contributed by atoms with Crippen LogP contribution in [0.15, 0.2) is 21.1 Å². The first kappa shape index (κ1) is 12.8. The molecule has 2 aromatic rings. The van der Waals surface area contributed by atoms with Crippen LogP contribution in [0.5, 0.6) is 0 Å². The number of rotatable bonds is 2. The summed E-state index contributed by atoms with van der Waals surface area (Å²) in [4.78, 5) is 10.9. The summed E-state index contributed by atoms with van der Waals surface area (Å²) in [5.41, 5.74) is 4.15. The number of aryl methyl sites for hydroxylation is 1. The summed E-state index contributed by atoms with van der Waals surface area (Å²) in [5, 5.41) is 12.5. The van der Waals surface area contributed by atoms with Crippen molar-refractivity contribution in [3.8, 4) is 11.3 Å². The fraction of sp³-hybridized carbons (Fsp3) is 0.231. The number of aromatic nitrogens is 1. The quantitative estimate of drug-likeness (QED) is 0.918. The largest absolute Gasteiger partial charge is 0.476 e. The zero-order chi connectivity index (χ0) is 13.4. The lowest BCUT2D eigenvalue weighted by Gasteiger charge is -2.08. The Morgan fingerprint density at radius 1 is 1.28 bits per heavy atom. The number of hydrogen-bond donors (Lipinski definition) is 1. The summed E-state index contributed by atoms with van der Waals surface area (Å²) in [6.45, 7) is 6.04. The second-order valence-corrected chi connectivity index (χ2v) is 4.95. The van der Waals surface area contributed by atoms with Crippen LogP contribution in [0.25, 0.3) is 11.3 Å². The number of hydrogen-bond acceptors (Lipinski definition) is 3. The van der Waals surface area contributed by atoms with Crippen molar-refractivity contribution < 1.29 is 14.4 Å². The van der Waals surface area contributed by atoms with Gasteiger partial charge in [0, 0.05) is 5.56 Å². The summed E-state index contributed by atoms with van der Waals surface area (Å²) in [7, 11) is 0. The van der Waals surface area contributed by atoms with Gasteiger partial charge in [0.05, 0.1) is 0 Å². The van der Waals surface area contributed by atoms with Crippen molar-refractivity contribution in [2.24, 2.45) is 0 Å². The maximum Gasteiger partial charge on any atom is 0.359 e. The number of aromatic carboxylic acids is 1. The lowest BCUT2D eigenvalue weighted by atomic mass is 9.97. The van der Waals surface area contributed by atoms with Gasteiger partial charge in [-0.15, -0.1) is 0 Å². The van der Waals surface area contributed by atoms with Crippen LogP contribution in [-0.2, 0) is 0 Å². The van der Waals surface area contributed by atoms with E-state index >= 15 is 0 Å². The summed E-state index contributed by atoms with van der Waals surface area (Å²) >= 11 is 3.23. The van der Waals surface area contributed by atoms with E-state index < -0.39 is 5.97 Å². The molecule has 1 N–H and O–H groups in total. The van der Waals surface area contributed by atoms with Crippen LogP contribution in [0.2, 0.25) is 0 Å². The van der Waals surface area contributed by atoms with Crippen LogP contribution >= 0.6 is 15.9 Å². The van der Waals surface area contributed by atoms with Gasteiger partial charge in [0.15, 0.2) is 5.76 Å². The van der Waals surface area contributed by atoms with E-state index in [9.17, 15) is 4.79 Å². The average Bonchev–Trinajstić information content (AvgIpc) is 2.69. The van der Waals surface area contributed by atoms with Gasteiger partial charge in [0.2, 0.25) is 5.69 Å². The molecule has 0 aliphatic rings. The smallest absolute Gasteiger partial charge is 0.359 e. The molecule has 1 aromatic heterocycles. The van der Waals surface area contributed by atoms with Gasteiger partial charge in [-0.2, -0.15) is 0 Å². The van der Waals surface area contributed by atoms with Crippen LogP contribution in [0.4, 0.5) is 0 Å². The highest BCUT2D eigenvalue weighted by atomic mass is 79.9. The van der Waals surface area contributed by atoms with E-state index in [4.69, 9.17) is 9.63 Å². The van der Waals surface area contributed by atoms with E-state index in [0.717, 1.165) is 16.7 Å². The van der Waals surface area contributed by atoms with Crippen molar-refractivity contribution in [3.05, 3.63) is 39.0 Å². The molecule has 0 saturated heterocycles. The molecule has 0 spiro atoms. The van der Waals surface area contributed by atoms with E-state index in [1.54, 1.807) is 0 Å². The molecular weight excluding hydrogens is 298 g/mol. The molecule has 0 amide bonds. The Bertz CT molecular complexity index is 631. The first-order valence-electron chi connectivity index (χ1n) is 5.39. The van der Waals surface area contributed by atoms with E-state index in [0.29, 0.717) is 10.2 Å². The lowest BCUT2D eigenvalue weighted by molar-refractivity contribution is 0.0685. The second-order valence-electron chi connectivity index (χ2n) is 4.16. The predicted molar refractivity (Wildman–Crippen MR) is 70.8 cm³/mol. The van der Waals surface area contributed by atoms with Crippen LogP contribution in [-0.4, -0.2) is 16.2 Å². The number of halogens is 1. The molecule has 5 heteroatoms. The molecular formula is C13H12BrNO3. The highest BCUT2D eigenvalue weighted by Gasteiger charge is 2.22. The Kier molecular flexibility index (Phi) is 3.26. The van der Waals surface area contributed by atoms with Gasteiger partial charge in [-0.05, 0) is 53.4 Å². The Hall–Kier alpha value is -1.62. The molecule has 1 aromatic carbocycles. The minimum Gasteiger partial charge on any atom is -0.476 e. The van der Waals surface area contributed by atoms with Crippen molar-refractivity contribution in [2.75, 3.05) is 0 Å².